The monoisotopic (exact) mass is 243 g/mol. The highest BCUT2D eigenvalue weighted by molar-refractivity contribution is 5.75. The van der Waals surface area contributed by atoms with E-state index in [4.69, 9.17) is 5.11 Å². The normalized spacial score (nSPS) is 12.1. The van der Waals surface area contributed by atoms with E-state index >= 15 is 0 Å². The van der Waals surface area contributed by atoms with Gasteiger partial charge in [0.15, 0.2) is 0 Å². The minimum Gasteiger partial charge on any atom is -0.481 e. The largest absolute Gasteiger partial charge is 0.481 e. The number of rotatable bonds is 10. The first-order chi connectivity index (χ1) is 8.07. The Labute approximate surface area is 104 Å². The Hall–Kier alpha value is -1.06. The van der Waals surface area contributed by atoms with Crippen molar-refractivity contribution in [1.82, 2.24) is 5.32 Å². The van der Waals surface area contributed by atoms with Crippen LogP contribution in [-0.4, -0.2) is 23.5 Å². The molecule has 1 amide bonds. The summed E-state index contributed by atoms with van der Waals surface area (Å²) >= 11 is 0. The highest BCUT2D eigenvalue weighted by Crippen LogP contribution is 2.05. The predicted octanol–water partition coefficient (Wildman–Crippen LogP) is 2.57. The van der Waals surface area contributed by atoms with Crippen molar-refractivity contribution in [3.05, 3.63) is 0 Å². The lowest BCUT2D eigenvalue weighted by atomic mass is 10.1. The smallest absolute Gasteiger partial charge is 0.306 e. The second kappa shape index (κ2) is 10.1. The van der Waals surface area contributed by atoms with Crippen molar-refractivity contribution in [1.29, 1.82) is 0 Å². The molecule has 1 atom stereocenters. The first-order valence-electron chi connectivity index (χ1n) is 6.57. The van der Waals surface area contributed by atoms with Gasteiger partial charge in [0.25, 0.3) is 0 Å². The minimum absolute atomic E-state index is 0.0408. The van der Waals surface area contributed by atoms with Gasteiger partial charge in [0.2, 0.25) is 5.91 Å². The zero-order chi connectivity index (χ0) is 13.1. The van der Waals surface area contributed by atoms with Gasteiger partial charge in [-0.15, -0.1) is 0 Å². The average Bonchev–Trinajstić information content (AvgIpc) is 2.28. The Morgan fingerprint density at radius 3 is 2.41 bits per heavy atom. The molecule has 1 unspecified atom stereocenters. The molecule has 0 saturated carbocycles. The summed E-state index contributed by atoms with van der Waals surface area (Å²) in [7, 11) is 0. The molecule has 0 radical (unpaired) electrons. The lowest BCUT2D eigenvalue weighted by Gasteiger charge is -2.07. The minimum atomic E-state index is -0.807. The van der Waals surface area contributed by atoms with E-state index < -0.39 is 5.97 Å². The summed E-state index contributed by atoms with van der Waals surface area (Å²) in [4.78, 5) is 21.9. The van der Waals surface area contributed by atoms with Crippen molar-refractivity contribution in [3.63, 3.8) is 0 Å². The fourth-order valence-electron chi connectivity index (χ4n) is 1.53. The number of nitrogens with one attached hydrogen (secondary N) is 1. The van der Waals surface area contributed by atoms with Crippen LogP contribution in [0.2, 0.25) is 0 Å². The first kappa shape index (κ1) is 15.9. The van der Waals surface area contributed by atoms with E-state index in [-0.39, 0.29) is 11.8 Å². The van der Waals surface area contributed by atoms with Gasteiger partial charge in [-0.25, -0.2) is 0 Å². The number of hydrogen-bond donors (Lipinski definition) is 2. The predicted molar refractivity (Wildman–Crippen MR) is 67.8 cm³/mol. The number of aliphatic carboxylic acids is 1. The van der Waals surface area contributed by atoms with Gasteiger partial charge in [-0.05, 0) is 12.8 Å². The van der Waals surface area contributed by atoms with Crippen LogP contribution >= 0.6 is 0 Å². The maximum atomic E-state index is 11.4. The number of unbranched alkanes of at least 4 members (excludes halogenated alkanes) is 4. The number of amides is 1. The topological polar surface area (TPSA) is 66.4 Å². The molecular formula is C13H25NO3. The van der Waals surface area contributed by atoms with Crippen molar-refractivity contribution < 1.29 is 14.7 Å². The third kappa shape index (κ3) is 9.85. The van der Waals surface area contributed by atoms with Crippen LogP contribution in [0.25, 0.3) is 0 Å². The zero-order valence-corrected chi connectivity index (χ0v) is 11.0. The van der Waals surface area contributed by atoms with Crippen LogP contribution in [0.4, 0.5) is 0 Å². The molecule has 0 heterocycles. The third-order valence-electron chi connectivity index (χ3n) is 2.83. The quantitative estimate of drug-likeness (QED) is 0.579. The second-order valence-corrected chi connectivity index (χ2v) is 4.54. The number of carboxylic acids is 1. The summed E-state index contributed by atoms with van der Waals surface area (Å²) in [5.74, 6) is -1.15. The van der Waals surface area contributed by atoms with Gasteiger partial charge in [0.05, 0.1) is 5.92 Å². The number of carboxylic acid groups (broad SMARTS) is 1. The Balaban J connectivity index is 3.38. The third-order valence-corrected chi connectivity index (χ3v) is 2.83. The zero-order valence-electron chi connectivity index (χ0n) is 11.0. The summed E-state index contributed by atoms with van der Waals surface area (Å²) in [6.07, 6.45) is 6.73. The molecular weight excluding hydrogens is 218 g/mol. The molecule has 100 valence electrons. The van der Waals surface area contributed by atoms with Gasteiger partial charge < -0.3 is 10.4 Å². The van der Waals surface area contributed by atoms with Gasteiger partial charge in [0, 0.05) is 13.0 Å². The van der Waals surface area contributed by atoms with Gasteiger partial charge in [-0.1, -0.05) is 39.5 Å². The van der Waals surface area contributed by atoms with Crippen molar-refractivity contribution in [2.24, 2.45) is 5.92 Å². The lowest BCUT2D eigenvalue weighted by molar-refractivity contribution is -0.141. The summed E-state index contributed by atoms with van der Waals surface area (Å²) in [6, 6.07) is 0. The van der Waals surface area contributed by atoms with Crippen molar-refractivity contribution in [2.45, 2.75) is 58.8 Å². The molecule has 0 bridgehead atoms. The fraction of sp³-hybridized carbons (Fsp3) is 0.846. The standard InChI is InChI=1S/C13H25NO3/c1-3-4-5-6-7-8-12(15)14-10-9-11(2)13(16)17/h11H,3-10H2,1-2H3,(H,14,15)(H,16,17). The number of carbonyl (C=O) groups excluding carboxylic acids is 1. The van der Waals surface area contributed by atoms with Gasteiger partial charge in [-0.3, -0.25) is 9.59 Å². The molecule has 2 N–H and O–H groups in total. The van der Waals surface area contributed by atoms with Crippen molar-refractivity contribution in [2.75, 3.05) is 6.54 Å². The van der Waals surface area contributed by atoms with Crippen LogP contribution in [-0.2, 0) is 9.59 Å². The van der Waals surface area contributed by atoms with E-state index in [1.165, 1.54) is 19.3 Å². The molecule has 4 heteroatoms. The molecule has 0 aromatic rings. The SMILES string of the molecule is CCCCCCCC(=O)NCCC(C)C(=O)O. The highest BCUT2D eigenvalue weighted by Gasteiger charge is 2.10. The molecule has 4 nitrogen and oxygen atoms in total. The molecule has 0 spiro atoms. The summed E-state index contributed by atoms with van der Waals surface area (Å²) in [5.41, 5.74) is 0. The van der Waals surface area contributed by atoms with Crippen LogP contribution in [0.15, 0.2) is 0 Å². The molecule has 0 aliphatic carbocycles. The Morgan fingerprint density at radius 1 is 1.18 bits per heavy atom. The molecule has 0 rings (SSSR count). The van der Waals surface area contributed by atoms with E-state index in [1.807, 2.05) is 0 Å². The van der Waals surface area contributed by atoms with Crippen molar-refractivity contribution >= 4 is 11.9 Å². The van der Waals surface area contributed by atoms with Crippen LogP contribution in [0.5, 0.6) is 0 Å². The Bertz CT molecular complexity index is 229. The summed E-state index contributed by atoms with van der Waals surface area (Å²) in [6.45, 7) is 4.27. The van der Waals surface area contributed by atoms with E-state index in [1.54, 1.807) is 6.92 Å². The molecule has 0 aliphatic rings. The molecule has 0 saturated heterocycles. The molecule has 0 aromatic heterocycles. The molecule has 0 fully saturated rings. The average molecular weight is 243 g/mol. The van der Waals surface area contributed by atoms with E-state index in [0.717, 1.165) is 12.8 Å². The first-order valence-corrected chi connectivity index (χ1v) is 6.57. The summed E-state index contributed by atoms with van der Waals surface area (Å²) in [5, 5.41) is 11.4. The molecule has 0 aliphatic heterocycles. The van der Waals surface area contributed by atoms with Crippen LogP contribution in [0, 0.1) is 5.92 Å². The number of hydrogen-bond acceptors (Lipinski definition) is 2. The molecule has 0 aromatic carbocycles. The van der Waals surface area contributed by atoms with E-state index in [9.17, 15) is 9.59 Å². The van der Waals surface area contributed by atoms with Crippen LogP contribution in [0.1, 0.15) is 58.8 Å². The van der Waals surface area contributed by atoms with Crippen LogP contribution in [0.3, 0.4) is 0 Å². The number of carbonyl (C=O) groups is 2. The lowest BCUT2D eigenvalue weighted by Crippen LogP contribution is -2.26. The Kier molecular flexibility index (Phi) is 9.49. The van der Waals surface area contributed by atoms with E-state index in [2.05, 4.69) is 12.2 Å². The van der Waals surface area contributed by atoms with Crippen molar-refractivity contribution in [3.8, 4) is 0 Å². The van der Waals surface area contributed by atoms with Gasteiger partial charge >= 0.3 is 5.97 Å². The second-order valence-electron chi connectivity index (χ2n) is 4.54. The van der Waals surface area contributed by atoms with Crippen LogP contribution < -0.4 is 5.32 Å². The van der Waals surface area contributed by atoms with Gasteiger partial charge in [0.1, 0.15) is 0 Å². The summed E-state index contributed by atoms with van der Waals surface area (Å²) < 4.78 is 0. The van der Waals surface area contributed by atoms with E-state index in [0.29, 0.717) is 19.4 Å². The molecule has 17 heavy (non-hydrogen) atoms. The Morgan fingerprint density at radius 2 is 1.82 bits per heavy atom. The fourth-order valence-corrected chi connectivity index (χ4v) is 1.53. The maximum absolute atomic E-state index is 11.4. The highest BCUT2D eigenvalue weighted by atomic mass is 16.4. The van der Waals surface area contributed by atoms with Gasteiger partial charge in [-0.2, -0.15) is 0 Å². The maximum Gasteiger partial charge on any atom is 0.306 e.